The molecule has 10 rings (SSSR count). The van der Waals surface area contributed by atoms with Crippen molar-refractivity contribution in [3.8, 4) is 22.8 Å². The van der Waals surface area contributed by atoms with E-state index in [1.165, 1.54) is 0 Å². The van der Waals surface area contributed by atoms with Gasteiger partial charge in [0.25, 0.3) is 11.8 Å². The number of nitrogens with two attached hydrogens (primary N) is 1. The number of carbonyl (C=O) groups is 3. The number of aliphatic hydroxyl groups excluding tert-OH is 1. The molecule has 2 aromatic carbocycles. The first kappa shape index (κ1) is 48.0. The molecule has 0 bridgehead atoms. The number of hydrogen-bond donors (Lipinski definition) is 3. The van der Waals surface area contributed by atoms with Crippen molar-refractivity contribution in [2.24, 2.45) is 5.73 Å². The number of aliphatic hydroxyl groups is 1. The van der Waals surface area contributed by atoms with Gasteiger partial charge in [-0.1, -0.05) is 36.4 Å². The van der Waals surface area contributed by atoms with E-state index in [4.69, 9.17) is 25.2 Å². The third-order valence-electron chi connectivity index (χ3n) is 13.3. The summed E-state index contributed by atoms with van der Waals surface area (Å²) >= 11 is 0. The number of pyridine rings is 2. The van der Waals surface area contributed by atoms with Gasteiger partial charge in [0.15, 0.2) is 0 Å². The number of fused-ring (bicyclic) bond motifs is 4. The number of nitrogens with one attached hydrogen (secondary N) is 1. The highest BCUT2D eigenvalue weighted by Gasteiger charge is 2.29. The molecule has 366 valence electrons. The van der Waals surface area contributed by atoms with Crippen LogP contribution in [0.5, 0.6) is 0 Å². The zero-order chi connectivity index (χ0) is 49.3. The number of benzene rings is 2. The van der Waals surface area contributed by atoms with E-state index in [-0.39, 0.29) is 30.5 Å². The van der Waals surface area contributed by atoms with Crippen molar-refractivity contribution >= 4 is 51.0 Å². The second kappa shape index (κ2) is 20.1. The summed E-state index contributed by atoms with van der Waals surface area (Å²) in [7, 11) is 1.71. The Labute approximate surface area is 407 Å². The van der Waals surface area contributed by atoms with Crippen LogP contribution in [-0.2, 0) is 22.6 Å². The second-order valence-electron chi connectivity index (χ2n) is 19.5. The first-order chi connectivity index (χ1) is 33.7. The molecule has 2 fully saturated rings. The number of alkyl carbamates (subject to hydrolysis) is 1. The number of methoxy groups -OCH3 is 1. The van der Waals surface area contributed by atoms with E-state index in [2.05, 4.69) is 50.8 Å². The highest BCUT2D eigenvalue weighted by atomic mass is 16.6. The second-order valence-corrected chi connectivity index (χ2v) is 19.5. The quantitative estimate of drug-likeness (QED) is 0.123. The summed E-state index contributed by atoms with van der Waals surface area (Å²) in [5, 5.41) is 14.8. The summed E-state index contributed by atoms with van der Waals surface area (Å²) in [6.45, 7) is 13.9. The molecule has 0 aliphatic carbocycles. The van der Waals surface area contributed by atoms with Gasteiger partial charge in [-0.2, -0.15) is 0 Å². The van der Waals surface area contributed by atoms with Gasteiger partial charge in [0.2, 0.25) is 0 Å². The van der Waals surface area contributed by atoms with Gasteiger partial charge in [0.1, 0.15) is 28.3 Å². The van der Waals surface area contributed by atoms with Crippen LogP contribution in [0.3, 0.4) is 0 Å². The molecular weight excluding hydrogens is 885 g/mol. The first-order valence-corrected chi connectivity index (χ1v) is 24.3. The number of ether oxygens (including phenoxy) is 2. The minimum Gasteiger partial charge on any atom is -0.444 e. The molecule has 3 amide bonds. The average Bonchev–Trinajstić information content (AvgIpc) is 4.09. The zero-order valence-corrected chi connectivity index (χ0v) is 41.0. The number of aromatic nitrogens is 6. The number of nitrogens with zero attached hydrogens (tertiary/aromatic N) is 8. The van der Waals surface area contributed by atoms with Crippen molar-refractivity contribution in [1.29, 1.82) is 0 Å². The smallest absolute Gasteiger partial charge is 0.407 e. The minimum absolute atomic E-state index is 0.00856. The van der Waals surface area contributed by atoms with Crippen molar-refractivity contribution in [3.05, 3.63) is 120 Å². The van der Waals surface area contributed by atoms with Gasteiger partial charge in [-0.3, -0.25) is 9.59 Å². The third-order valence-corrected chi connectivity index (χ3v) is 13.3. The van der Waals surface area contributed by atoms with Crippen LogP contribution in [-0.4, -0.2) is 125 Å². The Morgan fingerprint density at radius 1 is 0.729 bits per heavy atom. The van der Waals surface area contributed by atoms with Crippen LogP contribution in [0.15, 0.2) is 97.3 Å². The van der Waals surface area contributed by atoms with E-state index in [1.54, 1.807) is 12.0 Å². The maximum absolute atomic E-state index is 13.5. The summed E-state index contributed by atoms with van der Waals surface area (Å²) < 4.78 is 19.1. The molecule has 0 radical (unpaired) electrons. The summed E-state index contributed by atoms with van der Waals surface area (Å²) in [5.41, 5.74) is 16.1. The number of para-hydroxylation sites is 2. The van der Waals surface area contributed by atoms with Gasteiger partial charge >= 0.3 is 6.09 Å². The van der Waals surface area contributed by atoms with Crippen LogP contribution in [0.25, 0.3) is 55.9 Å². The maximum atomic E-state index is 13.5. The number of piperidine rings is 2. The Balaban J connectivity index is 0.000000178. The first-order valence-electron chi connectivity index (χ1n) is 24.3. The van der Waals surface area contributed by atoms with Crippen LogP contribution >= 0.6 is 0 Å². The van der Waals surface area contributed by atoms with Crippen LogP contribution in [0.2, 0.25) is 0 Å². The Hall–Kier alpha value is -7.01. The molecule has 2 atom stereocenters. The van der Waals surface area contributed by atoms with Crippen molar-refractivity contribution in [3.63, 3.8) is 0 Å². The minimum atomic E-state index is -0.566. The molecule has 4 N–H and O–H groups in total. The van der Waals surface area contributed by atoms with Gasteiger partial charge in [0, 0.05) is 115 Å². The Kier molecular flexibility index (Phi) is 13.8. The fourth-order valence-electron chi connectivity index (χ4n) is 9.98. The van der Waals surface area contributed by atoms with E-state index in [1.807, 2.05) is 109 Å². The van der Waals surface area contributed by atoms with Gasteiger partial charge in [-0.15, -0.1) is 0 Å². The van der Waals surface area contributed by atoms with Gasteiger partial charge in [-0.05, 0) is 109 Å². The van der Waals surface area contributed by atoms with Crippen LogP contribution in [0.4, 0.5) is 4.79 Å². The highest BCUT2D eigenvalue weighted by molar-refractivity contribution is 5.96. The fraction of sp³-hybridized carbons (Fsp3) is 0.389. The Morgan fingerprint density at radius 3 is 1.76 bits per heavy atom. The molecule has 6 aromatic heterocycles. The Bertz CT molecular complexity index is 3210. The Morgan fingerprint density at radius 2 is 1.24 bits per heavy atom. The van der Waals surface area contributed by atoms with Gasteiger partial charge < -0.3 is 53.4 Å². The summed E-state index contributed by atoms with van der Waals surface area (Å²) in [6.07, 6.45) is 6.90. The van der Waals surface area contributed by atoms with E-state index < -0.39 is 11.7 Å². The molecule has 2 aliphatic rings. The molecule has 0 unspecified atom stereocenters. The number of rotatable bonds is 10. The standard InChI is InChI=1S/C30H37N5O4.C24H27N5O2/c1-20-27(25-17-21-9-6-7-11-24(21)35(25)15-16-38-5)32-26-18-22(12-14-34(20)26)28(36)33-13-8-10-23(19-33)31-29(37)39-30(2,3)4;1-16-23(21-13-17-5-2-3-7-20(17)29(21)11-12-30)26-22-14-18(8-10-28(16)22)24(31)27-9-4-6-19(25)15-27/h6-7,9,11-12,14,17-18,23H,8,10,13,15-16,19H2,1-5H3,(H,31,37);2-3,5,7-8,10,13-14,19,30H,4,6,9,11-12,15,25H2,1H3/t23-;19-/m11/s1. The molecule has 70 heavy (non-hydrogen) atoms. The summed E-state index contributed by atoms with van der Waals surface area (Å²) in [6, 6.07) is 28.0. The van der Waals surface area contributed by atoms with E-state index in [9.17, 15) is 19.5 Å². The molecule has 0 spiro atoms. The van der Waals surface area contributed by atoms with Crippen molar-refractivity contribution in [1.82, 2.24) is 43.0 Å². The van der Waals surface area contributed by atoms with Crippen LogP contribution in [0.1, 0.15) is 78.6 Å². The molecule has 0 saturated carbocycles. The van der Waals surface area contributed by atoms with E-state index in [0.29, 0.717) is 50.5 Å². The third kappa shape index (κ3) is 9.89. The molecule has 2 saturated heterocycles. The lowest BCUT2D eigenvalue weighted by atomic mass is 10.0. The normalized spacial score (nSPS) is 16.5. The zero-order valence-electron chi connectivity index (χ0n) is 41.0. The van der Waals surface area contributed by atoms with Crippen LogP contribution in [0, 0.1) is 13.8 Å². The molecule has 8 aromatic rings. The van der Waals surface area contributed by atoms with Crippen molar-refractivity contribution in [2.45, 2.75) is 91.1 Å². The van der Waals surface area contributed by atoms with E-state index in [0.717, 1.165) is 99.5 Å². The average molecular weight is 949 g/mol. The molecule has 16 nitrogen and oxygen atoms in total. The largest absolute Gasteiger partial charge is 0.444 e. The van der Waals surface area contributed by atoms with E-state index >= 15 is 0 Å². The van der Waals surface area contributed by atoms with Gasteiger partial charge in [-0.25, -0.2) is 14.8 Å². The molecular formula is C54H64N10O6. The topological polar surface area (TPSA) is 179 Å². The SMILES string of the molecule is COCCn1c(-c2nc3cc(C(=O)N4CCC[C@@H](NC(=O)OC(C)(C)C)C4)ccn3c2C)cc2ccccc21.Cc1c(-c2cc3ccccc3n2CCO)nc2cc(C(=O)N3CCC[C@@H](N)C3)ccn12. The lowest BCUT2D eigenvalue weighted by Gasteiger charge is -2.33. The number of imidazole rings is 2. The lowest BCUT2D eigenvalue weighted by Crippen LogP contribution is -2.50. The maximum Gasteiger partial charge on any atom is 0.407 e. The molecule has 8 heterocycles. The number of aryl methyl sites for hydroxylation is 2. The number of hydrogen-bond acceptors (Lipinski definition) is 9. The number of amides is 3. The predicted molar refractivity (Wildman–Crippen MR) is 272 cm³/mol. The molecule has 2 aliphatic heterocycles. The highest BCUT2D eigenvalue weighted by Crippen LogP contribution is 2.33. The van der Waals surface area contributed by atoms with Crippen LogP contribution < -0.4 is 11.1 Å². The monoisotopic (exact) mass is 949 g/mol. The van der Waals surface area contributed by atoms with Crippen molar-refractivity contribution in [2.75, 3.05) is 46.5 Å². The van der Waals surface area contributed by atoms with Gasteiger partial charge in [0.05, 0.1) is 24.6 Å². The van der Waals surface area contributed by atoms with Crippen molar-refractivity contribution < 1.29 is 29.0 Å². The lowest BCUT2D eigenvalue weighted by molar-refractivity contribution is 0.0452. The molecule has 16 heteroatoms. The summed E-state index contributed by atoms with van der Waals surface area (Å²) in [4.78, 5) is 52.3. The predicted octanol–water partition coefficient (Wildman–Crippen LogP) is 7.86. The fourth-order valence-corrected chi connectivity index (χ4v) is 9.98. The summed E-state index contributed by atoms with van der Waals surface area (Å²) in [5.74, 6) is -0.0566. The number of carbonyl (C=O) groups excluding carboxylic acids is 3. The number of likely N-dealkylation sites (tertiary alicyclic amines) is 2.